The Balaban J connectivity index is 2.92. The van der Waals surface area contributed by atoms with Crippen molar-refractivity contribution in [3.8, 4) is 5.75 Å². The second-order valence-corrected chi connectivity index (χ2v) is 4.32. The van der Waals surface area contributed by atoms with Crippen molar-refractivity contribution < 1.29 is 17.9 Å². The third-order valence-corrected chi connectivity index (χ3v) is 2.90. The van der Waals surface area contributed by atoms with Gasteiger partial charge in [-0.3, -0.25) is 4.68 Å². The quantitative estimate of drug-likeness (QED) is 0.834. The SMILES string of the molecule is CCCn1ncc(OC)c1C(CCC(F)(F)F)NC. The number of aromatic nitrogens is 2. The predicted octanol–water partition coefficient (Wildman–Crippen LogP) is 2.90. The van der Waals surface area contributed by atoms with Gasteiger partial charge in [0.15, 0.2) is 5.75 Å². The summed E-state index contributed by atoms with van der Waals surface area (Å²) in [6.45, 7) is 2.64. The third-order valence-electron chi connectivity index (χ3n) is 2.90. The van der Waals surface area contributed by atoms with Gasteiger partial charge in [-0.1, -0.05) is 6.92 Å². The monoisotopic (exact) mass is 279 g/mol. The van der Waals surface area contributed by atoms with Crippen molar-refractivity contribution >= 4 is 0 Å². The summed E-state index contributed by atoms with van der Waals surface area (Å²) in [5.41, 5.74) is 0.677. The fraction of sp³-hybridized carbons (Fsp3) is 0.750. The van der Waals surface area contributed by atoms with Crippen LogP contribution in [0.2, 0.25) is 0 Å². The molecule has 110 valence electrons. The van der Waals surface area contributed by atoms with Gasteiger partial charge in [0.05, 0.1) is 25.0 Å². The van der Waals surface area contributed by atoms with E-state index in [0.717, 1.165) is 6.42 Å². The first-order chi connectivity index (χ1) is 8.92. The minimum Gasteiger partial charge on any atom is -0.493 e. The van der Waals surface area contributed by atoms with Gasteiger partial charge in [-0.25, -0.2) is 0 Å². The van der Waals surface area contributed by atoms with Crippen molar-refractivity contribution in [1.82, 2.24) is 15.1 Å². The molecule has 0 saturated carbocycles. The van der Waals surface area contributed by atoms with Gasteiger partial charge in [-0.15, -0.1) is 0 Å². The van der Waals surface area contributed by atoms with E-state index >= 15 is 0 Å². The van der Waals surface area contributed by atoms with Gasteiger partial charge in [0.1, 0.15) is 0 Å². The number of halogens is 3. The van der Waals surface area contributed by atoms with Crippen molar-refractivity contribution in [3.05, 3.63) is 11.9 Å². The number of nitrogens with one attached hydrogen (secondary N) is 1. The van der Waals surface area contributed by atoms with Crippen molar-refractivity contribution in [2.75, 3.05) is 14.2 Å². The Bertz CT molecular complexity index is 390. The summed E-state index contributed by atoms with van der Waals surface area (Å²) in [5, 5.41) is 7.07. The zero-order valence-corrected chi connectivity index (χ0v) is 11.4. The minimum atomic E-state index is -4.15. The van der Waals surface area contributed by atoms with Crippen LogP contribution in [-0.4, -0.2) is 30.1 Å². The van der Waals surface area contributed by atoms with Crippen LogP contribution in [0.3, 0.4) is 0 Å². The standard InChI is InChI=1S/C12H20F3N3O/c1-4-7-18-11(10(19-3)8-17-18)9(16-2)5-6-12(13,14)15/h8-9,16H,4-7H2,1-3H3. The highest BCUT2D eigenvalue weighted by atomic mass is 19.4. The number of aryl methyl sites for hydroxylation is 1. The molecule has 0 bridgehead atoms. The molecule has 1 N–H and O–H groups in total. The second-order valence-electron chi connectivity index (χ2n) is 4.32. The first-order valence-corrected chi connectivity index (χ1v) is 6.26. The van der Waals surface area contributed by atoms with Crippen molar-refractivity contribution in [2.45, 2.75) is 44.9 Å². The van der Waals surface area contributed by atoms with Crippen molar-refractivity contribution in [1.29, 1.82) is 0 Å². The number of hydrogen-bond acceptors (Lipinski definition) is 3. The van der Waals surface area contributed by atoms with E-state index in [0.29, 0.717) is 18.0 Å². The summed E-state index contributed by atoms with van der Waals surface area (Å²) in [4.78, 5) is 0. The van der Waals surface area contributed by atoms with E-state index in [4.69, 9.17) is 4.74 Å². The van der Waals surface area contributed by atoms with Crippen LogP contribution < -0.4 is 10.1 Å². The molecule has 4 nitrogen and oxygen atoms in total. The zero-order chi connectivity index (χ0) is 14.5. The van der Waals surface area contributed by atoms with Crippen LogP contribution in [0.1, 0.15) is 37.9 Å². The average molecular weight is 279 g/mol. The molecule has 0 spiro atoms. The Morgan fingerprint density at radius 1 is 1.47 bits per heavy atom. The molecule has 19 heavy (non-hydrogen) atoms. The van der Waals surface area contributed by atoms with Crippen molar-refractivity contribution in [3.63, 3.8) is 0 Å². The molecule has 1 aromatic heterocycles. The highest BCUT2D eigenvalue weighted by molar-refractivity contribution is 5.28. The molecule has 0 aliphatic heterocycles. The van der Waals surface area contributed by atoms with Gasteiger partial charge < -0.3 is 10.1 Å². The highest BCUT2D eigenvalue weighted by Crippen LogP contribution is 2.31. The molecular formula is C12H20F3N3O. The second kappa shape index (κ2) is 6.79. The van der Waals surface area contributed by atoms with E-state index in [1.54, 1.807) is 17.9 Å². The molecule has 0 fully saturated rings. The molecule has 1 atom stereocenters. The summed E-state index contributed by atoms with van der Waals surface area (Å²) < 4.78 is 43.9. The van der Waals surface area contributed by atoms with Crippen LogP contribution in [0.15, 0.2) is 6.20 Å². The molecule has 0 aromatic carbocycles. The van der Waals surface area contributed by atoms with Gasteiger partial charge in [-0.05, 0) is 19.9 Å². The summed E-state index contributed by atoms with van der Waals surface area (Å²) in [6, 6.07) is -0.425. The van der Waals surface area contributed by atoms with Crippen LogP contribution in [-0.2, 0) is 6.54 Å². The molecule has 1 rings (SSSR count). The third kappa shape index (κ3) is 4.41. The summed E-state index contributed by atoms with van der Waals surface area (Å²) in [5.74, 6) is 0.523. The Kier molecular flexibility index (Phi) is 5.65. The lowest BCUT2D eigenvalue weighted by atomic mass is 10.1. The predicted molar refractivity (Wildman–Crippen MR) is 66.2 cm³/mol. The lowest BCUT2D eigenvalue weighted by molar-refractivity contribution is -0.136. The van der Waals surface area contributed by atoms with Crippen molar-refractivity contribution in [2.24, 2.45) is 0 Å². The fourth-order valence-electron chi connectivity index (χ4n) is 2.00. The first-order valence-electron chi connectivity index (χ1n) is 6.26. The maximum absolute atomic E-state index is 12.3. The smallest absolute Gasteiger partial charge is 0.389 e. The Morgan fingerprint density at radius 2 is 2.16 bits per heavy atom. The maximum atomic E-state index is 12.3. The molecule has 0 aliphatic rings. The molecule has 1 unspecified atom stereocenters. The number of ether oxygens (including phenoxy) is 1. The average Bonchev–Trinajstić information content (AvgIpc) is 2.73. The highest BCUT2D eigenvalue weighted by Gasteiger charge is 2.30. The largest absolute Gasteiger partial charge is 0.493 e. The number of alkyl halides is 3. The summed E-state index contributed by atoms with van der Waals surface area (Å²) in [6.07, 6.45) is -2.63. The normalized spacial score (nSPS) is 13.6. The van der Waals surface area contributed by atoms with E-state index in [2.05, 4.69) is 10.4 Å². The molecule has 7 heteroatoms. The van der Waals surface area contributed by atoms with E-state index in [1.807, 2.05) is 6.92 Å². The fourth-order valence-corrected chi connectivity index (χ4v) is 2.00. The van der Waals surface area contributed by atoms with E-state index in [1.165, 1.54) is 7.11 Å². The lowest BCUT2D eigenvalue weighted by Gasteiger charge is -2.20. The maximum Gasteiger partial charge on any atom is 0.389 e. The first kappa shape index (κ1) is 15.8. The van der Waals surface area contributed by atoms with Gasteiger partial charge >= 0.3 is 6.18 Å². The van der Waals surface area contributed by atoms with Crippen LogP contribution in [0.4, 0.5) is 13.2 Å². The van der Waals surface area contributed by atoms with Crippen LogP contribution in [0.25, 0.3) is 0 Å². The molecule has 0 aliphatic carbocycles. The van der Waals surface area contributed by atoms with Gasteiger partial charge in [-0.2, -0.15) is 18.3 Å². The molecule has 0 saturated heterocycles. The number of methoxy groups -OCH3 is 1. The molecule has 1 aromatic rings. The topological polar surface area (TPSA) is 39.1 Å². The van der Waals surface area contributed by atoms with E-state index in [-0.39, 0.29) is 6.42 Å². The van der Waals surface area contributed by atoms with Gasteiger partial charge in [0.2, 0.25) is 0 Å². The number of nitrogens with zero attached hydrogens (tertiary/aromatic N) is 2. The molecule has 1 heterocycles. The Morgan fingerprint density at radius 3 is 2.63 bits per heavy atom. The molecule has 0 amide bonds. The Hall–Kier alpha value is -1.24. The molecular weight excluding hydrogens is 259 g/mol. The van der Waals surface area contributed by atoms with E-state index < -0.39 is 18.6 Å². The summed E-state index contributed by atoms with van der Waals surface area (Å²) in [7, 11) is 3.14. The lowest BCUT2D eigenvalue weighted by Crippen LogP contribution is -2.23. The van der Waals surface area contributed by atoms with Gasteiger partial charge in [0, 0.05) is 13.0 Å². The van der Waals surface area contributed by atoms with E-state index in [9.17, 15) is 13.2 Å². The zero-order valence-electron chi connectivity index (χ0n) is 11.4. The Labute approximate surface area is 110 Å². The van der Waals surface area contributed by atoms with Crippen LogP contribution >= 0.6 is 0 Å². The number of hydrogen-bond donors (Lipinski definition) is 1. The van der Waals surface area contributed by atoms with Gasteiger partial charge in [0.25, 0.3) is 0 Å². The van der Waals surface area contributed by atoms with Crippen LogP contribution in [0, 0.1) is 0 Å². The molecule has 0 radical (unpaired) electrons. The minimum absolute atomic E-state index is 0.0359. The number of rotatable bonds is 7. The summed E-state index contributed by atoms with van der Waals surface area (Å²) >= 11 is 0. The van der Waals surface area contributed by atoms with Crippen LogP contribution in [0.5, 0.6) is 5.75 Å².